The highest BCUT2D eigenvalue weighted by atomic mass is 32.2. The number of sulfonamides is 1. The van der Waals surface area contributed by atoms with Crippen molar-refractivity contribution in [1.29, 1.82) is 0 Å². The van der Waals surface area contributed by atoms with Crippen molar-refractivity contribution < 1.29 is 12.8 Å². The van der Waals surface area contributed by atoms with Gasteiger partial charge >= 0.3 is 0 Å². The van der Waals surface area contributed by atoms with Crippen molar-refractivity contribution in [2.45, 2.75) is 11.8 Å². The standard InChI is InChI=1S/C13H11FN2O2S2/c1-3-7-16(13-15-6-8-19-13)20(17,18)11-5-4-10(2)12(14)9-11/h1,4-6,8-9H,7H2,2H3. The van der Waals surface area contributed by atoms with E-state index in [1.54, 1.807) is 12.3 Å². The Balaban J connectivity index is 2.51. The van der Waals surface area contributed by atoms with Crippen LogP contribution < -0.4 is 4.31 Å². The quantitative estimate of drug-likeness (QED) is 0.815. The molecule has 0 aliphatic rings. The number of aromatic nitrogens is 1. The van der Waals surface area contributed by atoms with Crippen molar-refractivity contribution in [3.8, 4) is 12.3 Å². The Kier molecular flexibility index (Phi) is 4.06. The predicted molar refractivity (Wildman–Crippen MR) is 76.6 cm³/mol. The van der Waals surface area contributed by atoms with Crippen LogP contribution in [0.3, 0.4) is 0 Å². The molecule has 0 bridgehead atoms. The van der Waals surface area contributed by atoms with Gasteiger partial charge in [0.1, 0.15) is 5.82 Å². The molecule has 0 unspecified atom stereocenters. The average Bonchev–Trinajstić information content (AvgIpc) is 2.92. The zero-order valence-corrected chi connectivity index (χ0v) is 12.2. The Labute approximate surface area is 120 Å². The number of halogens is 1. The molecular formula is C13H11FN2O2S2. The third-order valence-electron chi connectivity index (χ3n) is 2.60. The first kappa shape index (κ1) is 14.5. The van der Waals surface area contributed by atoms with Gasteiger partial charge in [0.15, 0.2) is 5.13 Å². The molecule has 0 atom stereocenters. The molecule has 2 rings (SSSR count). The number of hydrogen-bond donors (Lipinski definition) is 0. The van der Waals surface area contributed by atoms with Crippen LogP contribution in [0.5, 0.6) is 0 Å². The maximum atomic E-state index is 13.6. The maximum absolute atomic E-state index is 13.6. The molecule has 104 valence electrons. The van der Waals surface area contributed by atoms with Gasteiger partial charge < -0.3 is 0 Å². The van der Waals surface area contributed by atoms with Gasteiger partial charge in [0.25, 0.3) is 10.0 Å². The van der Waals surface area contributed by atoms with E-state index in [1.807, 2.05) is 0 Å². The lowest BCUT2D eigenvalue weighted by atomic mass is 10.2. The van der Waals surface area contributed by atoms with Gasteiger partial charge in [-0.25, -0.2) is 22.1 Å². The molecule has 0 N–H and O–H groups in total. The Morgan fingerprint density at radius 1 is 1.50 bits per heavy atom. The summed E-state index contributed by atoms with van der Waals surface area (Å²) < 4.78 is 39.6. The van der Waals surface area contributed by atoms with Gasteiger partial charge in [0.2, 0.25) is 0 Å². The van der Waals surface area contributed by atoms with Crippen LogP contribution in [0.25, 0.3) is 0 Å². The Morgan fingerprint density at radius 2 is 2.25 bits per heavy atom. The maximum Gasteiger partial charge on any atom is 0.267 e. The van der Waals surface area contributed by atoms with E-state index in [4.69, 9.17) is 6.42 Å². The number of hydrogen-bond acceptors (Lipinski definition) is 4. The van der Waals surface area contributed by atoms with E-state index >= 15 is 0 Å². The highest BCUT2D eigenvalue weighted by molar-refractivity contribution is 7.93. The average molecular weight is 310 g/mol. The summed E-state index contributed by atoms with van der Waals surface area (Å²) in [6.45, 7) is 1.40. The SMILES string of the molecule is C#CCN(c1nccs1)S(=O)(=O)c1ccc(C)c(F)c1. The topological polar surface area (TPSA) is 50.3 Å². The fraction of sp³-hybridized carbons (Fsp3) is 0.154. The van der Waals surface area contributed by atoms with Crippen molar-refractivity contribution >= 4 is 26.5 Å². The summed E-state index contributed by atoms with van der Waals surface area (Å²) in [5.41, 5.74) is 0.377. The molecule has 0 aliphatic carbocycles. The van der Waals surface area contributed by atoms with Gasteiger partial charge in [0, 0.05) is 11.6 Å². The predicted octanol–water partition coefficient (Wildman–Crippen LogP) is 2.42. The lowest BCUT2D eigenvalue weighted by molar-refractivity contribution is 0.586. The fourth-order valence-electron chi connectivity index (χ4n) is 1.54. The van der Waals surface area contributed by atoms with Gasteiger partial charge in [-0.15, -0.1) is 17.8 Å². The second-order valence-electron chi connectivity index (χ2n) is 3.94. The van der Waals surface area contributed by atoms with E-state index in [0.717, 1.165) is 21.7 Å². The molecule has 20 heavy (non-hydrogen) atoms. The van der Waals surface area contributed by atoms with Crippen LogP contribution in [0, 0.1) is 25.1 Å². The monoisotopic (exact) mass is 310 g/mol. The number of rotatable bonds is 4. The van der Waals surface area contributed by atoms with Crippen molar-refractivity contribution in [2.75, 3.05) is 10.8 Å². The van der Waals surface area contributed by atoms with E-state index in [2.05, 4.69) is 10.9 Å². The Morgan fingerprint density at radius 3 is 2.80 bits per heavy atom. The van der Waals surface area contributed by atoms with Crippen LogP contribution in [0.2, 0.25) is 0 Å². The summed E-state index contributed by atoms with van der Waals surface area (Å²) in [6, 6.07) is 3.75. The Bertz CT molecular complexity index is 749. The van der Waals surface area contributed by atoms with E-state index in [1.165, 1.54) is 18.3 Å². The lowest BCUT2D eigenvalue weighted by Crippen LogP contribution is -2.31. The summed E-state index contributed by atoms with van der Waals surface area (Å²) in [5.74, 6) is 1.70. The minimum Gasteiger partial charge on any atom is -0.229 e. The number of aryl methyl sites for hydroxylation is 1. The molecule has 1 aromatic carbocycles. The molecule has 1 heterocycles. The van der Waals surface area contributed by atoms with E-state index in [-0.39, 0.29) is 16.6 Å². The molecule has 0 spiro atoms. The van der Waals surface area contributed by atoms with Crippen LogP contribution >= 0.6 is 11.3 Å². The zero-order valence-electron chi connectivity index (χ0n) is 10.6. The smallest absolute Gasteiger partial charge is 0.229 e. The molecule has 7 heteroatoms. The summed E-state index contributed by atoms with van der Waals surface area (Å²) in [6.07, 6.45) is 6.69. The first-order valence-electron chi connectivity index (χ1n) is 5.58. The highest BCUT2D eigenvalue weighted by Gasteiger charge is 2.26. The van der Waals surface area contributed by atoms with E-state index in [9.17, 15) is 12.8 Å². The summed E-state index contributed by atoms with van der Waals surface area (Å²) in [7, 11) is -3.93. The summed E-state index contributed by atoms with van der Waals surface area (Å²) in [5, 5.41) is 1.90. The molecule has 4 nitrogen and oxygen atoms in total. The van der Waals surface area contributed by atoms with Crippen molar-refractivity contribution in [1.82, 2.24) is 4.98 Å². The molecular weight excluding hydrogens is 299 g/mol. The van der Waals surface area contributed by atoms with Gasteiger partial charge in [-0.2, -0.15) is 0 Å². The molecule has 0 saturated carbocycles. The normalized spacial score (nSPS) is 11.1. The minimum absolute atomic E-state index is 0.147. The van der Waals surface area contributed by atoms with E-state index in [0.29, 0.717) is 5.56 Å². The van der Waals surface area contributed by atoms with Crippen molar-refractivity contribution in [2.24, 2.45) is 0 Å². The molecule has 0 amide bonds. The van der Waals surface area contributed by atoms with Crippen LogP contribution in [0.4, 0.5) is 9.52 Å². The van der Waals surface area contributed by atoms with Gasteiger partial charge in [-0.3, -0.25) is 0 Å². The second kappa shape index (κ2) is 5.61. The minimum atomic E-state index is -3.93. The second-order valence-corrected chi connectivity index (χ2v) is 6.68. The first-order chi connectivity index (χ1) is 9.46. The molecule has 1 aromatic heterocycles. The van der Waals surface area contributed by atoms with Gasteiger partial charge in [-0.05, 0) is 24.6 Å². The molecule has 2 aromatic rings. The molecule has 0 fully saturated rings. The molecule has 0 radical (unpaired) electrons. The number of benzene rings is 1. The van der Waals surface area contributed by atoms with Gasteiger partial charge in [0.05, 0.1) is 11.4 Å². The van der Waals surface area contributed by atoms with Crippen LogP contribution in [-0.2, 0) is 10.0 Å². The van der Waals surface area contributed by atoms with Crippen molar-refractivity contribution in [3.63, 3.8) is 0 Å². The lowest BCUT2D eigenvalue weighted by Gasteiger charge is -2.19. The number of anilines is 1. The van der Waals surface area contributed by atoms with E-state index < -0.39 is 15.8 Å². The van der Waals surface area contributed by atoms with Crippen LogP contribution in [0.1, 0.15) is 5.56 Å². The molecule has 0 saturated heterocycles. The summed E-state index contributed by atoms with van der Waals surface area (Å²) >= 11 is 1.15. The Hall–Kier alpha value is -1.91. The van der Waals surface area contributed by atoms with Crippen LogP contribution in [0.15, 0.2) is 34.7 Å². The molecule has 0 aliphatic heterocycles. The fourth-order valence-corrected chi connectivity index (χ4v) is 3.75. The summed E-state index contributed by atoms with van der Waals surface area (Å²) in [4.78, 5) is 3.80. The van der Waals surface area contributed by atoms with Crippen molar-refractivity contribution in [3.05, 3.63) is 41.2 Å². The zero-order chi connectivity index (χ0) is 14.8. The largest absolute Gasteiger partial charge is 0.267 e. The third-order valence-corrected chi connectivity index (χ3v) is 5.24. The first-order valence-corrected chi connectivity index (χ1v) is 7.90. The highest BCUT2D eigenvalue weighted by Crippen LogP contribution is 2.26. The van der Waals surface area contributed by atoms with Crippen LogP contribution in [-0.4, -0.2) is 19.9 Å². The van der Waals surface area contributed by atoms with Gasteiger partial charge in [-0.1, -0.05) is 12.0 Å². The number of thiazole rings is 1. The third kappa shape index (κ3) is 2.66. The number of terminal acetylenes is 1. The number of nitrogens with zero attached hydrogens (tertiary/aromatic N) is 2.